The number of urea groups is 1. The summed E-state index contributed by atoms with van der Waals surface area (Å²) in [6.45, 7) is 5.09. The predicted molar refractivity (Wildman–Crippen MR) is 122 cm³/mol. The van der Waals surface area contributed by atoms with Crippen molar-refractivity contribution in [3.05, 3.63) is 44.3 Å². The Labute approximate surface area is 186 Å². The van der Waals surface area contributed by atoms with Gasteiger partial charge in [-0.2, -0.15) is 5.26 Å². The van der Waals surface area contributed by atoms with E-state index in [1.165, 1.54) is 57.5 Å². The molecule has 0 atom stereocenters. The van der Waals surface area contributed by atoms with Gasteiger partial charge in [0, 0.05) is 35.6 Å². The average molecular weight is 439 g/mol. The number of nitrogens with zero attached hydrogens (tertiary/aromatic N) is 2. The van der Waals surface area contributed by atoms with Gasteiger partial charge in [0.1, 0.15) is 6.07 Å². The van der Waals surface area contributed by atoms with Crippen molar-refractivity contribution >= 4 is 35.0 Å². The smallest absolute Gasteiger partial charge is 0.307 e. The van der Waals surface area contributed by atoms with E-state index < -0.39 is 0 Å². The van der Waals surface area contributed by atoms with Crippen molar-refractivity contribution in [1.29, 1.82) is 5.26 Å². The van der Waals surface area contributed by atoms with Crippen molar-refractivity contribution in [3.8, 4) is 6.07 Å². The number of aryl methyl sites for hydroxylation is 2. The molecule has 0 saturated heterocycles. The molecule has 1 aromatic heterocycles. The van der Waals surface area contributed by atoms with Gasteiger partial charge in [-0.3, -0.25) is 9.62 Å². The number of carbonyl (C=O) groups is 1. The summed E-state index contributed by atoms with van der Waals surface area (Å²) in [5.74, 6) is 0. The Balaban J connectivity index is 1.32. The van der Waals surface area contributed by atoms with Crippen LogP contribution in [0.2, 0.25) is 0 Å². The molecule has 5 nitrogen and oxygen atoms in total. The van der Waals surface area contributed by atoms with Gasteiger partial charge in [-0.1, -0.05) is 13.0 Å². The molecule has 0 saturated carbocycles. The molecule has 1 aromatic carbocycles. The first-order chi connectivity index (χ1) is 14.7. The zero-order valence-electron chi connectivity index (χ0n) is 17.3. The zero-order valence-corrected chi connectivity index (χ0v) is 18.9. The molecule has 2 aliphatic carbocycles. The largest absolute Gasteiger partial charge is 0.329 e. The number of hydrogen-bond acceptors (Lipinski definition) is 5. The maximum atomic E-state index is 12.8. The van der Waals surface area contributed by atoms with E-state index in [0.29, 0.717) is 0 Å². The molecule has 2 amide bonds. The second-order valence-corrected chi connectivity index (χ2v) is 10.5. The molecule has 0 fully saturated rings. The Morgan fingerprint density at radius 2 is 1.90 bits per heavy atom. The highest BCUT2D eigenvalue weighted by molar-refractivity contribution is 7.99. The van der Waals surface area contributed by atoms with Gasteiger partial charge in [-0.05, 0) is 79.3 Å². The number of nitrogens with one attached hydrogen (secondary N) is 2. The maximum Gasteiger partial charge on any atom is 0.329 e. The van der Waals surface area contributed by atoms with Crippen LogP contribution in [-0.2, 0) is 38.6 Å². The molecule has 5 rings (SSSR count). The highest BCUT2D eigenvalue weighted by atomic mass is 32.2. The monoisotopic (exact) mass is 438 g/mol. The Kier molecular flexibility index (Phi) is 5.48. The Hall–Kier alpha value is -2.01. The van der Waals surface area contributed by atoms with Crippen molar-refractivity contribution in [1.82, 2.24) is 9.62 Å². The van der Waals surface area contributed by atoms with Crippen molar-refractivity contribution in [2.75, 3.05) is 18.4 Å². The number of benzene rings is 1. The first kappa shape index (κ1) is 19.9. The van der Waals surface area contributed by atoms with E-state index in [0.717, 1.165) is 67.2 Å². The molecule has 0 spiro atoms. The summed E-state index contributed by atoms with van der Waals surface area (Å²) in [5, 5.41) is 12.9. The molecule has 1 aliphatic heterocycles. The number of anilines is 1. The van der Waals surface area contributed by atoms with Crippen molar-refractivity contribution in [3.63, 3.8) is 0 Å². The summed E-state index contributed by atoms with van der Waals surface area (Å²) in [4.78, 5) is 16.5. The fraction of sp³-hybridized carbons (Fsp3) is 0.478. The van der Waals surface area contributed by atoms with Crippen LogP contribution < -0.4 is 10.0 Å². The molecule has 2 N–H and O–H groups in total. The number of carbonyl (C=O) groups excluding carboxylic acids is 1. The molecule has 0 bridgehead atoms. The quantitative estimate of drug-likeness (QED) is 0.673. The summed E-state index contributed by atoms with van der Waals surface area (Å²) >= 11 is 2.93. The number of likely N-dealkylation sites (N-methyl/N-ethyl adjacent to an activating group) is 1. The second-order valence-electron chi connectivity index (χ2n) is 8.29. The zero-order chi connectivity index (χ0) is 20.7. The van der Waals surface area contributed by atoms with Gasteiger partial charge in [0.15, 0.2) is 0 Å². The Bertz CT molecular complexity index is 1020. The normalized spacial score (nSPS) is 17.2. The van der Waals surface area contributed by atoms with E-state index in [4.69, 9.17) is 0 Å². The first-order valence-corrected chi connectivity index (χ1v) is 12.5. The van der Waals surface area contributed by atoms with E-state index in [1.807, 2.05) is 0 Å². The van der Waals surface area contributed by atoms with Crippen molar-refractivity contribution in [2.24, 2.45) is 0 Å². The van der Waals surface area contributed by atoms with Crippen molar-refractivity contribution < 1.29 is 4.79 Å². The van der Waals surface area contributed by atoms with Gasteiger partial charge in [0.2, 0.25) is 0 Å². The van der Waals surface area contributed by atoms with E-state index in [2.05, 4.69) is 34.0 Å². The lowest BCUT2D eigenvalue weighted by Crippen LogP contribution is -2.29. The van der Waals surface area contributed by atoms with Gasteiger partial charge in [-0.15, -0.1) is 11.3 Å². The van der Waals surface area contributed by atoms with Crippen LogP contribution in [0.3, 0.4) is 0 Å². The van der Waals surface area contributed by atoms with Crippen LogP contribution in [0.5, 0.6) is 0 Å². The van der Waals surface area contributed by atoms with E-state index >= 15 is 0 Å². The predicted octanol–water partition coefficient (Wildman–Crippen LogP) is 4.80. The third-order valence-electron chi connectivity index (χ3n) is 6.61. The topological polar surface area (TPSA) is 68.2 Å². The van der Waals surface area contributed by atoms with Crippen LogP contribution in [-0.4, -0.2) is 24.0 Å². The van der Waals surface area contributed by atoms with Crippen LogP contribution in [0.1, 0.15) is 58.0 Å². The number of hydrogen-bond donors (Lipinski definition) is 2. The summed E-state index contributed by atoms with van der Waals surface area (Å²) in [7, 11) is 0. The third-order valence-corrected chi connectivity index (χ3v) is 8.80. The van der Waals surface area contributed by atoms with Crippen LogP contribution in [0.15, 0.2) is 10.3 Å². The fourth-order valence-corrected chi connectivity index (χ4v) is 7.26. The minimum atomic E-state index is -0.195. The molecule has 0 unspecified atom stereocenters. The highest BCUT2D eigenvalue weighted by Crippen LogP contribution is 2.40. The lowest BCUT2D eigenvalue weighted by Gasteiger charge is -2.25. The fourth-order valence-electron chi connectivity index (χ4n) is 5.09. The summed E-state index contributed by atoms with van der Waals surface area (Å²) in [6.07, 6.45) is 7.60. The van der Waals surface area contributed by atoms with Gasteiger partial charge < -0.3 is 5.32 Å². The number of rotatable bonds is 4. The minimum Gasteiger partial charge on any atom is -0.307 e. The van der Waals surface area contributed by atoms with Gasteiger partial charge in [0.05, 0.1) is 9.77 Å². The molecular formula is C23H26N4OS2. The molecular weight excluding hydrogens is 412 g/mol. The van der Waals surface area contributed by atoms with Crippen molar-refractivity contribution in [2.45, 2.75) is 62.6 Å². The first-order valence-electron chi connectivity index (χ1n) is 10.8. The Morgan fingerprint density at radius 1 is 1.17 bits per heavy atom. The standard InChI is InChI=1S/C23H26N4OS2/c1-2-27-10-9-18-19(12-24)22(29-20(18)13-27)30-26-23(28)25-21-16-7-3-5-14(16)11-15-6-4-8-17(15)21/h11H,2-10,13H2,1H3,(H2,25,26,28). The minimum absolute atomic E-state index is 0.195. The maximum absolute atomic E-state index is 12.8. The summed E-state index contributed by atoms with van der Waals surface area (Å²) in [5.41, 5.74) is 8.47. The SMILES string of the molecule is CCN1CCc2c(sc(SNC(=O)Nc3c4c(cc5c3CCC5)CCC4)c2C#N)C1. The number of fused-ring (bicyclic) bond motifs is 3. The molecule has 30 heavy (non-hydrogen) atoms. The van der Waals surface area contributed by atoms with E-state index in [1.54, 1.807) is 11.3 Å². The van der Waals surface area contributed by atoms with Crippen LogP contribution in [0.25, 0.3) is 0 Å². The molecule has 2 aromatic rings. The molecule has 7 heteroatoms. The lowest BCUT2D eigenvalue weighted by molar-refractivity contribution is 0.257. The van der Waals surface area contributed by atoms with Gasteiger partial charge >= 0.3 is 6.03 Å². The average Bonchev–Trinajstić information content (AvgIpc) is 3.48. The number of amides is 2. The molecule has 0 radical (unpaired) electrons. The molecule has 156 valence electrons. The summed E-state index contributed by atoms with van der Waals surface area (Å²) in [6, 6.07) is 4.56. The van der Waals surface area contributed by atoms with E-state index in [9.17, 15) is 10.1 Å². The van der Waals surface area contributed by atoms with Crippen LogP contribution in [0, 0.1) is 11.3 Å². The number of thiophene rings is 1. The molecule has 2 heterocycles. The van der Waals surface area contributed by atoms with Gasteiger partial charge in [-0.25, -0.2) is 4.79 Å². The third kappa shape index (κ3) is 3.51. The van der Waals surface area contributed by atoms with Crippen LogP contribution >= 0.6 is 23.3 Å². The lowest BCUT2D eigenvalue weighted by atomic mass is 9.99. The Morgan fingerprint density at radius 3 is 2.57 bits per heavy atom. The second kappa shape index (κ2) is 8.26. The van der Waals surface area contributed by atoms with Crippen LogP contribution in [0.4, 0.5) is 10.5 Å². The molecule has 3 aliphatic rings. The summed E-state index contributed by atoms with van der Waals surface area (Å²) < 4.78 is 3.85. The number of nitriles is 1. The van der Waals surface area contributed by atoms with E-state index in [-0.39, 0.29) is 6.03 Å². The van der Waals surface area contributed by atoms with Gasteiger partial charge in [0.25, 0.3) is 0 Å². The highest BCUT2D eigenvalue weighted by Gasteiger charge is 2.26.